The van der Waals surface area contributed by atoms with E-state index in [0.29, 0.717) is 74.8 Å². The summed E-state index contributed by atoms with van der Waals surface area (Å²) in [5, 5.41) is 0. The Hall–Kier alpha value is -5.29. The van der Waals surface area contributed by atoms with Crippen molar-refractivity contribution in [3.05, 3.63) is 119 Å². The lowest BCUT2D eigenvalue weighted by Crippen LogP contribution is -2.42. The van der Waals surface area contributed by atoms with Crippen molar-refractivity contribution in [2.75, 3.05) is 47.5 Å². The molecule has 11 heteroatoms. The Labute approximate surface area is 317 Å². The number of aromatic nitrogens is 3. The summed E-state index contributed by atoms with van der Waals surface area (Å²) in [5.41, 5.74) is 2.89. The average Bonchev–Trinajstić information content (AvgIpc) is 3.73. The number of benzene rings is 2. The zero-order valence-electron chi connectivity index (χ0n) is 31.7. The van der Waals surface area contributed by atoms with E-state index in [0.717, 1.165) is 42.1 Å². The number of piperidine rings is 1. The highest BCUT2D eigenvalue weighted by Crippen LogP contribution is 2.42. The van der Waals surface area contributed by atoms with Gasteiger partial charge in [0.25, 0.3) is 0 Å². The van der Waals surface area contributed by atoms with E-state index in [1.54, 1.807) is 45.9 Å². The minimum atomic E-state index is -0.641. The maximum absolute atomic E-state index is 14.4. The number of Topliss-reactive ketones (excluding diaryl/α,β-unsaturated/α-hetero) is 1. The van der Waals surface area contributed by atoms with E-state index >= 15 is 0 Å². The first-order chi connectivity index (χ1) is 26.3. The van der Waals surface area contributed by atoms with E-state index < -0.39 is 5.41 Å². The van der Waals surface area contributed by atoms with E-state index in [4.69, 9.17) is 14.2 Å². The van der Waals surface area contributed by atoms with Crippen LogP contribution in [0.4, 0.5) is 4.39 Å². The number of carbonyl (C=O) groups excluding carboxylic acids is 2. The van der Waals surface area contributed by atoms with Crippen LogP contribution in [-0.4, -0.2) is 83.5 Å². The van der Waals surface area contributed by atoms with Gasteiger partial charge in [-0.05, 0) is 112 Å². The zero-order chi connectivity index (χ0) is 38.1. The fourth-order valence-corrected chi connectivity index (χ4v) is 7.75. The van der Waals surface area contributed by atoms with Gasteiger partial charge in [0.1, 0.15) is 5.82 Å². The van der Waals surface area contributed by atoms with Crippen LogP contribution in [0.2, 0.25) is 0 Å². The molecule has 6 rings (SSSR count). The maximum Gasteiger partial charge on any atom is 0.229 e. The quantitative estimate of drug-likeness (QED) is 0.0895. The van der Waals surface area contributed by atoms with Gasteiger partial charge in [0.05, 0.1) is 50.9 Å². The predicted octanol–water partition coefficient (Wildman–Crippen LogP) is 7.03. The Kier molecular flexibility index (Phi) is 12.6. The van der Waals surface area contributed by atoms with Gasteiger partial charge in [-0.15, -0.1) is 0 Å². The van der Waals surface area contributed by atoms with Crippen LogP contribution in [0, 0.1) is 17.2 Å². The summed E-state index contributed by atoms with van der Waals surface area (Å²) in [6.07, 6.45) is 14.6. The van der Waals surface area contributed by atoms with Crippen molar-refractivity contribution in [3.63, 3.8) is 0 Å². The number of ketones is 1. The van der Waals surface area contributed by atoms with E-state index in [2.05, 4.69) is 14.9 Å². The monoisotopic (exact) mass is 735 g/mol. The van der Waals surface area contributed by atoms with Gasteiger partial charge in [0.2, 0.25) is 17.4 Å². The Morgan fingerprint density at radius 3 is 2.31 bits per heavy atom. The summed E-state index contributed by atoms with van der Waals surface area (Å²) < 4.78 is 32.5. The molecule has 2 saturated heterocycles. The molecule has 4 aromatic rings. The molecule has 0 radical (unpaired) electrons. The summed E-state index contributed by atoms with van der Waals surface area (Å²) in [6, 6.07) is 16.0. The van der Waals surface area contributed by atoms with Crippen molar-refractivity contribution in [1.29, 1.82) is 0 Å². The Morgan fingerprint density at radius 2 is 1.67 bits per heavy atom. The molecule has 0 bridgehead atoms. The number of halogens is 1. The molecule has 0 N–H and O–H groups in total. The summed E-state index contributed by atoms with van der Waals surface area (Å²) in [7, 11) is 4.72. The first-order valence-corrected chi connectivity index (χ1v) is 18.6. The molecule has 2 fully saturated rings. The number of rotatable bonds is 16. The standard InChI is InChI=1S/C43H50FN5O5/c1-5-6-7-11-36-28-46-41(49(36)30-35-10-8-9-20-45-35)39(50)33-16-21-47(22-17-33)23-18-43(27-31-12-14-34(44)15-13-31)19-24-48(42(43)51)29-32-25-37(52-2)40(54-4)38(26-32)53-3/h5-15,20,25-26,28,33H,16-19,21-24,27,29-30H2,1-4H3. The molecule has 2 aliphatic rings. The number of nitrogens with zero attached hydrogens (tertiary/aromatic N) is 5. The van der Waals surface area contributed by atoms with Crippen LogP contribution in [0.3, 0.4) is 0 Å². The first kappa shape index (κ1) is 38.4. The van der Waals surface area contributed by atoms with Crippen molar-refractivity contribution in [3.8, 4) is 17.2 Å². The van der Waals surface area contributed by atoms with E-state index in [1.165, 1.54) is 12.1 Å². The predicted molar refractivity (Wildman–Crippen MR) is 206 cm³/mol. The molecular weight excluding hydrogens is 686 g/mol. The van der Waals surface area contributed by atoms with Crippen molar-refractivity contribution in [2.45, 2.75) is 52.1 Å². The molecule has 2 aromatic carbocycles. The molecule has 4 heterocycles. The lowest BCUT2D eigenvalue weighted by molar-refractivity contribution is -0.137. The van der Waals surface area contributed by atoms with Gasteiger partial charge in [-0.25, -0.2) is 9.37 Å². The fourth-order valence-electron chi connectivity index (χ4n) is 7.75. The SMILES string of the molecule is CC=CC=Cc1cnc(C(=O)C2CCN(CCC3(Cc4ccc(F)cc4)CCN(Cc4cc(OC)c(OC)c(OC)c4)C3=O)CC2)n1Cc1ccccn1. The third kappa shape index (κ3) is 8.73. The average molecular weight is 736 g/mol. The van der Waals surface area contributed by atoms with Gasteiger partial charge in [-0.2, -0.15) is 0 Å². The minimum Gasteiger partial charge on any atom is -0.493 e. The summed E-state index contributed by atoms with van der Waals surface area (Å²) >= 11 is 0. The minimum absolute atomic E-state index is 0.0532. The number of hydrogen-bond donors (Lipinski definition) is 0. The van der Waals surface area contributed by atoms with E-state index in [9.17, 15) is 14.0 Å². The summed E-state index contributed by atoms with van der Waals surface area (Å²) in [4.78, 5) is 41.8. The highest BCUT2D eigenvalue weighted by Gasteiger charge is 2.46. The maximum atomic E-state index is 14.4. The van der Waals surface area contributed by atoms with Crippen molar-refractivity contribution < 1.29 is 28.2 Å². The first-order valence-electron chi connectivity index (χ1n) is 18.6. The normalized spacial score (nSPS) is 18.2. The second kappa shape index (κ2) is 17.7. The summed E-state index contributed by atoms with van der Waals surface area (Å²) in [5.74, 6) is 1.74. The number of allylic oxidation sites excluding steroid dienone is 3. The number of amides is 1. The molecule has 2 aromatic heterocycles. The van der Waals surface area contributed by atoms with E-state index in [-0.39, 0.29) is 23.4 Å². The van der Waals surface area contributed by atoms with Crippen molar-refractivity contribution in [2.24, 2.45) is 11.3 Å². The van der Waals surface area contributed by atoms with Crippen LogP contribution in [0.1, 0.15) is 65.7 Å². The fraction of sp³-hybridized carbons (Fsp3) is 0.395. The third-order valence-corrected chi connectivity index (χ3v) is 10.7. The number of pyridine rings is 1. The smallest absolute Gasteiger partial charge is 0.229 e. The molecule has 10 nitrogen and oxygen atoms in total. The number of carbonyl (C=O) groups is 2. The van der Waals surface area contributed by atoms with Crippen LogP contribution < -0.4 is 14.2 Å². The topological polar surface area (TPSA) is 99.0 Å². The largest absolute Gasteiger partial charge is 0.493 e. The second-order valence-electron chi connectivity index (χ2n) is 14.1. The third-order valence-electron chi connectivity index (χ3n) is 10.7. The molecule has 1 atom stereocenters. The van der Waals surface area contributed by atoms with Gasteiger partial charge < -0.3 is 28.6 Å². The highest BCUT2D eigenvalue weighted by atomic mass is 19.1. The Morgan fingerprint density at radius 1 is 0.926 bits per heavy atom. The number of ether oxygens (including phenoxy) is 3. The molecule has 2 aliphatic heterocycles. The molecule has 1 amide bonds. The molecule has 284 valence electrons. The number of imidazole rings is 1. The van der Waals surface area contributed by atoms with Crippen LogP contribution in [0.15, 0.2) is 85.2 Å². The van der Waals surface area contributed by atoms with Crippen molar-refractivity contribution >= 4 is 17.8 Å². The van der Waals surface area contributed by atoms with Gasteiger partial charge in [-0.1, -0.05) is 36.4 Å². The van der Waals surface area contributed by atoms with E-state index in [1.807, 2.05) is 71.0 Å². The summed E-state index contributed by atoms with van der Waals surface area (Å²) in [6.45, 7) is 5.64. The Bertz CT molecular complexity index is 1930. The highest BCUT2D eigenvalue weighted by molar-refractivity contribution is 5.95. The number of methoxy groups -OCH3 is 3. The van der Waals surface area contributed by atoms with Crippen LogP contribution >= 0.6 is 0 Å². The number of likely N-dealkylation sites (tertiary alicyclic amines) is 2. The van der Waals surface area contributed by atoms with Crippen molar-refractivity contribution in [1.82, 2.24) is 24.3 Å². The molecule has 1 unspecified atom stereocenters. The van der Waals surface area contributed by atoms with Gasteiger partial charge in [0.15, 0.2) is 17.3 Å². The zero-order valence-corrected chi connectivity index (χ0v) is 31.7. The molecule has 0 aliphatic carbocycles. The second-order valence-corrected chi connectivity index (χ2v) is 14.1. The molecule has 0 saturated carbocycles. The molecular formula is C43H50FN5O5. The van der Waals surface area contributed by atoms with Gasteiger partial charge in [0, 0.05) is 25.2 Å². The van der Waals surface area contributed by atoms with Crippen LogP contribution in [0.25, 0.3) is 6.08 Å². The lowest BCUT2D eigenvalue weighted by atomic mass is 9.77. The van der Waals surface area contributed by atoms with Crippen LogP contribution in [0.5, 0.6) is 17.2 Å². The van der Waals surface area contributed by atoms with Gasteiger partial charge in [-0.3, -0.25) is 14.6 Å². The number of hydrogen-bond acceptors (Lipinski definition) is 8. The van der Waals surface area contributed by atoms with Gasteiger partial charge >= 0.3 is 0 Å². The Balaban J connectivity index is 1.14. The van der Waals surface area contributed by atoms with Crippen LogP contribution in [-0.2, 0) is 24.3 Å². The molecule has 54 heavy (non-hydrogen) atoms. The molecule has 0 spiro atoms. The lowest BCUT2D eigenvalue weighted by Gasteiger charge is -2.35.